The Labute approximate surface area is 160 Å². The van der Waals surface area contributed by atoms with Gasteiger partial charge in [-0.2, -0.15) is 0 Å². The Morgan fingerprint density at radius 3 is 1.42 bits per heavy atom. The highest BCUT2D eigenvalue weighted by molar-refractivity contribution is 5.52. The van der Waals surface area contributed by atoms with Gasteiger partial charge in [0.2, 0.25) is 0 Å². The normalized spacial score (nSPS) is 10.0. The fourth-order valence-electron chi connectivity index (χ4n) is 3.09. The molecule has 0 aliphatic rings. The molecule has 0 fully saturated rings. The van der Waals surface area contributed by atoms with Crippen molar-refractivity contribution in [3.8, 4) is 23.7 Å². The number of rotatable bonds is 10. The van der Waals surface area contributed by atoms with Crippen LogP contribution in [0.15, 0.2) is 12.1 Å². The molecule has 0 spiro atoms. The van der Waals surface area contributed by atoms with Crippen LogP contribution >= 0.6 is 0 Å². The van der Waals surface area contributed by atoms with Crippen molar-refractivity contribution in [3.05, 3.63) is 34.4 Å². The van der Waals surface area contributed by atoms with Crippen molar-refractivity contribution in [2.75, 3.05) is 13.2 Å². The summed E-state index contributed by atoms with van der Waals surface area (Å²) in [6.45, 7) is 4.20. The molecule has 0 aromatic heterocycles. The zero-order valence-corrected chi connectivity index (χ0v) is 16.5. The molecule has 0 bridgehead atoms. The molecule has 1 aromatic carbocycles. The summed E-state index contributed by atoms with van der Waals surface area (Å²) in [4.78, 5) is 0. The Hall–Kier alpha value is -1.74. The van der Waals surface area contributed by atoms with E-state index in [-0.39, 0.29) is 13.2 Å². The molecule has 26 heavy (non-hydrogen) atoms. The smallest absolute Gasteiger partial charge is 0.104 e. The van der Waals surface area contributed by atoms with Crippen molar-refractivity contribution in [1.82, 2.24) is 0 Å². The molecule has 0 radical (unpaired) electrons. The summed E-state index contributed by atoms with van der Waals surface area (Å²) < 4.78 is 0. The maximum atomic E-state index is 9.08. The summed E-state index contributed by atoms with van der Waals surface area (Å²) in [6.07, 6.45) is 11.7. The summed E-state index contributed by atoms with van der Waals surface area (Å²) in [5, 5.41) is 18.2. The van der Waals surface area contributed by atoms with Crippen LogP contribution in [-0.2, 0) is 12.8 Å². The maximum absolute atomic E-state index is 9.08. The maximum Gasteiger partial charge on any atom is 0.104 e. The van der Waals surface area contributed by atoms with Gasteiger partial charge in [0.25, 0.3) is 0 Å². The topological polar surface area (TPSA) is 40.5 Å². The minimum Gasteiger partial charge on any atom is -0.384 e. The lowest BCUT2D eigenvalue weighted by molar-refractivity contribution is 0.350. The molecule has 2 N–H and O–H groups in total. The molecule has 0 heterocycles. The number of aliphatic hydroxyl groups excluding tert-OH is 2. The fraction of sp³-hybridized carbons (Fsp3) is 0.583. The number of aryl methyl sites for hydroxylation is 2. The van der Waals surface area contributed by atoms with Gasteiger partial charge in [-0.25, -0.2) is 0 Å². The molecule has 0 atom stereocenters. The van der Waals surface area contributed by atoms with Crippen molar-refractivity contribution < 1.29 is 10.2 Å². The number of aliphatic hydroxyl groups is 2. The van der Waals surface area contributed by atoms with Crippen molar-refractivity contribution in [2.24, 2.45) is 0 Å². The minimum absolute atomic E-state index is 0.118. The Kier molecular flexibility index (Phi) is 12.4. The van der Waals surface area contributed by atoms with Gasteiger partial charge in [0.05, 0.1) is 0 Å². The van der Waals surface area contributed by atoms with E-state index in [1.54, 1.807) is 0 Å². The molecule has 142 valence electrons. The van der Waals surface area contributed by atoms with Crippen LogP contribution in [-0.4, -0.2) is 23.4 Å². The van der Waals surface area contributed by atoms with E-state index in [1.807, 2.05) is 0 Å². The number of unbranched alkanes of at least 4 members (excludes halogenated alkanes) is 6. The first kappa shape index (κ1) is 22.3. The molecule has 0 aliphatic carbocycles. The molecule has 2 nitrogen and oxygen atoms in total. The summed E-state index contributed by atoms with van der Waals surface area (Å²) >= 11 is 0. The van der Waals surface area contributed by atoms with Gasteiger partial charge in [-0.05, 0) is 48.9 Å². The second-order valence-corrected chi connectivity index (χ2v) is 6.71. The first-order chi connectivity index (χ1) is 12.8. The van der Waals surface area contributed by atoms with E-state index in [0.717, 1.165) is 36.8 Å². The van der Waals surface area contributed by atoms with Crippen LogP contribution in [0.4, 0.5) is 0 Å². The van der Waals surface area contributed by atoms with Gasteiger partial charge in [0, 0.05) is 11.1 Å². The van der Waals surface area contributed by atoms with Crippen LogP contribution in [0, 0.1) is 23.7 Å². The number of benzene rings is 1. The van der Waals surface area contributed by atoms with Gasteiger partial charge >= 0.3 is 0 Å². The van der Waals surface area contributed by atoms with Crippen LogP contribution < -0.4 is 0 Å². The Bertz CT molecular complexity index is 580. The average molecular weight is 355 g/mol. The molecule has 0 amide bonds. The van der Waals surface area contributed by atoms with Crippen LogP contribution in [0.3, 0.4) is 0 Å². The van der Waals surface area contributed by atoms with Gasteiger partial charge in [-0.15, -0.1) is 0 Å². The lowest BCUT2D eigenvalue weighted by Gasteiger charge is -2.11. The van der Waals surface area contributed by atoms with E-state index in [0.29, 0.717) is 0 Å². The Balaban J connectivity index is 3.09. The third kappa shape index (κ3) is 8.57. The highest BCUT2D eigenvalue weighted by atomic mass is 16.3. The molecule has 0 aliphatic heterocycles. The molecule has 0 saturated heterocycles. The minimum atomic E-state index is -0.118. The predicted molar refractivity (Wildman–Crippen MR) is 110 cm³/mol. The standard InChI is InChI=1S/C24H34O2/c1-3-5-7-9-13-21-19-24(16-12-18-26)22(14-10-8-6-4-2)20-23(21)15-11-17-25/h19-20,25-26H,3-10,13-14,17-18H2,1-2H3. The fourth-order valence-corrected chi connectivity index (χ4v) is 3.09. The zero-order valence-electron chi connectivity index (χ0n) is 16.5. The van der Waals surface area contributed by atoms with E-state index in [9.17, 15) is 0 Å². The first-order valence-corrected chi connectivity index (χ1v) is 10.1. The highest BCUT2D eigenvalue weighted by Gasteiger charge is 2.08. The van der Waals surface area contributed by atoms with Crippen molar-refractivity contribution in [3.63, 3.8) is 0 Å². The summed E-state index contributed by atoms with van der Waals surface area (Å²) in [5.74, 6) is 11.9. The molecular weight excluding hydrogens is 320 g/mol. The van der Waals surface area contributed by atoms with Crippen molar-refractivity contribution in [1.29, 1.82) is 0 Å². The Morgan fingerprint density at radius 2 is 1.08 bits per heavy atom. The van der Waals surface area contributed by atoms with Crippen molar-refractivity contribution in [2.45, 2.75) is 78.1 Å². The lowest BCUT2D eigenvalue weighted by Crippen LogP contribution is -1.99. The van der Waals surface area contributed by atoms with Gasteiger partial charge in [0.15, 0.2) is 0 Å². The van der Waals surface area contributed by atoms with Gasteiger partial charge in [-0.1, -0.05) is 76.1 Å². The third-order valence-electron chi connectivity index (χ3n) is 4.53. The summed E-state index contributed by atoms with van der Waals surface area (Å²) in [6, 6.07) is 4.32. The SMILES string of the molecule is CCCCCCc1cc(C#CCO)c(CCCCCC)cc1C#CCO. The second-order valence-electron chi connectivity index (χ2n) is 6.71. The average Bonchev–Trinajstić information content (AvgIpc) is 2.66. The van der Waals surface area contributed by atoms with E-state index >= 15 is 0 Å². The van der Waals surface area contributed by atoms with Crippen molar-refractivity contribution >= 4 is 0 Å². The van der Waals surface area contributed by atoms with E-state index in [1.165, 1.54) is 49.7 Å². The van der Waals surface area contributed by atoms with Gasteiger partial charge in [-0.3, -0.25) is 0 Å². The predicted octanol–water partition coefficient (Wildman–Crippen LogP) is 4.62. The van der Waals surface area contributed by atoms with Crippen LogP contribution in [0.1, 0.15) is 87.5 Å². The molecule has 2 heteroatoms. The van der Waals surface area contributed by atoms with Gasteiger partial charge < -0.3 is 10.2 Å². The molecule has 1 aromatic rings. The summed E-state index contributed by atoms with van der Waals surface area (Å²) in [5.41, 5.74) is 4.47. The highest BCUT2D eigenvalue weighted by Crippen LogP contribution is 2.21. The Morgan fingerprint density at radius 1 is 0.654 bits per heavy atom. The molecule has 0 unspecified atom stereocenters. The number of hydrogen-bond acceptors (Lipinski definition) is 2. The van der Waals surface area contributed by atoms with E-state index < -0.39 is 0 Å². The van der Waals surface area contributed by atoms with E-state index in [2.05, 4.69) is 49.7 Å². The third-order valence-corrected chi connectivity index (χ3v) is 4.53. The lowest BCUT2D eigenvalue weighted by atomic mass is 9.92. The molecule has 1 rings (SSSR count). The van der Waals surface area contributed by atoms with Crippen LogP contribution in [0.25, 0.3) is 0 Å². The zero-order chi connectivity index (χ0) is 19.0. The van der Waals surface area contributed by atoms with Crippen LogP contribution in [0.2, 0.25) is 0 Å². The molecular formula is C24H34O2. The van der Waals surface area contributed by atoms with Crippen LogP contribution in [0.5, 0.6) is 0 Å². The molecule has 0 saturated carbocycles. The number of hydrogen-bond donors (Lipinski definition) is 2. The monoisotopic (exact) mass is 354 g/mol. The summed E-state index contributed by atoms with van der Waals surface area (Å²) in [7, 11) is 0. The second kappa shape index (κ2) is 14.4. The van der Waals surface area contributed by atoms with E-state index in [4.69, 9.17) is 10.2 Å². The first-order valence-electron chi connectivity index (χ1n) is 10.1. The quantitative estimate of drug-likeness (QED) is 0.475. The largest absolute Gasteiger partial charge is 0.384 e. The van der Waals surface area contributed by atoms with Gasteiger partial charge in [0.1, 0.15) is 13.2 Å².